The predicted molar refractivity (Wildman–Crippen MR) is 100 cm³/mol. The van der Waals surface area contributed by atoms with E-state index in [2.05, 4.69) is 4.74 Å². The molecular formula is C19H25FN2O5. The average molecular weight is 380 g/mol. The highest BCUT2D eigenvalue weighted by Gasteiger charge is 2.30. The fourth-order valence-corrected chi connectivity index (χ4v) is 3.38. The summed E-state index contributed by atoms with van der Waals surface area (Å²) in [5, 5.41) is 11.7. The summed E-state index contributed by atoms with van der Waals surface area (Å²) < 4.78 is 25.0. The normalized spacial score (nSPS) is 15.5. The minimum Gasteiger partial charge on any atom is -0.466 e. The maximum Gasteiger partial charge on any atom is 0.330 e. The molecule has 27 heavy (non-hydrogen) atoms. The third kappa shape index (κ3) is 4.82. The van der Waals surface area contributed by atoms with Gasteiger partial charge in [-0.2, -0.15) is 0 Å². The van der Waals surface area contributed by atoms with Crippen molar-refractivity contribution in [2.45, 2.75) is 39.2 Å². The van der Waals surface area contributed by atoms with Crippen LogP contribution in [0.5, 0.6) is 0 Å². The molecular weight excluding hydrogens is 355 g/mol. The molecule has 1 aliphatic heterocycles. The summed E-state index contributed by atoms with van der Waals surface area (Å²) in [6, 6.07) is 2.57. The number of rotatable bonds is 7. The number of esters is 1. The molecule has 1 aliphatic rings. The van der Waals surface area contributed by atoms with E-state index in [1.807, 2.05) is 6.92 Å². The van der Waals surface area contributed by atoms with Crippen molar-refractivity contribution in [3.05, 3.63) is 39.7 Å². The van der Waals surface area contributed by atoms with Crippen LogP contribution in [-0.4, -0.2) is 43.8 Å². The lowest BCUT2D eigenvalue weighted by Gasteiger charge is -2.35. The number of anilines is 1. The fourth-order valence-electron chi connectivity index (χ4n) is 3.38. The molecule has 8 heteroatoms. The van der Waals surface area contributed by atoms with Crippen LogP contribution in [0.4, 0.5) is 15.8 Å². The molecule has 0 radical (unpaired) electrons. The first-order chi connectivity index (χ1) is 12.9. The molecule has 0 aliphatic carbocycles. The van der Waals surface area contributed by atoms with Gasteiger partial charge in [0.05, 0.1) is 12.0 Å². The van der Waals surface area contributed by atoms with E-state index >= 15 is 4.39 Å². The van der Waals surface area contributed by atoms with Crippen LogP contribution in [0, 0.1) is 15.9 Å². The second-order valence-electron chi connectivity index (χ2n) is 6.26. The molecule has 7 nitrogen and oxygen atoms in total. The number of halogens is 1. The molecule has 0 saturated carbocycles. The highest BCUT2D eigenvalue weighted by molar-refractivity contribution is 5.92. The molecule has 0 N–H and O–H groups in total. The van der Waals surface area contributed by atoms with Crippen molar-refractivity contribution in [1.29, 1.82) is 0 Å². The van der Waals surface area contributed by atoms with E-state index in [0.29, 0.717) is 50.2 Å². The van der Waals surface area contributed by atoms with Gasteiger partial charge in [-0.25, -0.2) is 9.18 Å². The quantitative estimate of drug-likeness (QED) is 0.310. The van der Waals surface area contributed by atoms with Crippen molar-refractivity contribution < 1.29 is 23.6 Å². The molecule has 1 aromatic rings. The molecule has 0 spiro atoms. The van der Waals surface area contributed by atoms with Crippen molar-refractivity contribution in [2.24, 2.45) is 0 Å². The summed E-state index contributed by atoms with van der Waals surface area (Å²) in [5.74, 6) is -1.26. The van der Waals surface area contributed by atoms with Gasteiger partial charge in [-0.3, -0.25) is 10.1 Å². The molecule has 2 rings (SSSR count). The summed E-state index contributed by atoms with van der Waals surface area (Å²) in [7, 11) is 1.24. The van der Waals surface area contributed by atoms with Crippen LogP contribution in [0.2, 0.25) is 0 Å². The van der Waals surface area contributed by atoms with Gasteiger partial charge in [-0.15, -0.1) is 0 Å². The lowest BCUT2D eigenvalue weighted by atomic mass is 9.99. The molecule has 1 fully saturated rings. The van der Waals surface area contributed by atoms with Crippen molar-refractivity contribution in [2.75, 3.05) is 31.8 Å². The summed E-state index contributed by atoms with van der Waals surface area (Å²) in [4.78, 5) is 24.4. The number of benzene rings is 1. The van der Waals surface area contributed by atoms with Crippen molar-refractivity contribution in [1.82, 2.24) is 0 Å². The van der Waals surface area contributed by atoms with Crippen molar-refractivity contribution in [3.8, 4) is 0 Å². The largest absolute Gasteiger partial charge is 0.466 e. The number of carbonyl (C=O) groups excluding carboxylic acids is 1. The van der Waals surface area contributed by atoms with Crippen molar-refractivity contribution >= 4 is 22.9 Å². The minimum absolute atomic E-state index is 0.00771. The van der Waals surface area contributed by atoms with Crippen LogP contribution < -0.4 is 4.90 Å². The molecule has 0 bridgehead atoms. The lowest BCUT2D eigenvalue weighted by Crippen LogP contribution is -2.40. The molecule has 0 unspecified atom stereocenters. The molecule has 1 aromatic carbocycles. The maximum atomic E-state index is 15.1. The maximum absolute atomic E-state index is 15.1. The second-order valence-corrected chi connectivity index (χ2v) is 6.26. The first-order valence-electron chi connectivity index (χ1n) is 9.04. The zero-order valence-corrected chi connectivity index (χ0v) is 15.9. The zero-order valence-electron chi connectivity index (χ0n) is 15.9. The number of hydrogen-bond donors (Lipinski definition) is 0. The monoisotopic (exact) mass is 380 g/mol. The Labute approximate surface area is 157 Å². The number of methoxy groups -OCH3 is 1. The zero-order chi connectivity index (χ0) is 20.0. The van der Waals surface area contributed by atoms with Gasteiger partial charge in [-0.05, 0) is 43.4 Å². The standard InChI is InChI=1S/C19H25FN2O5/c1-4-13(12-18(23)26-3)14-10-16(20)19(17(11-14)22(24)25)21(5-2)15-6-8-27-9-7-15/h10-12,15H,4-9H2,1-3H3. The highest BCUT2D eigenvalue weighted by Crippen LogP contribution is 2.37. The number of carbonyl (C=O) groups is 1. The Morgan fingerprint density at radius 1 is 1.41 bits per heavy atom. The third-order valence-electron chi connectivity index (χ3n) is 4.74. The van der Waals surface area contributed by atoms with Gasteiger partial charge >= 0.3 is 5.97 Å². The molecule has 1 saturated heterocycles. The molecule has 1 heterocycles. The number of ether oxygens (including phenoxy) is 2. The van der Waals surface area contributed by atoms with Crippen LogP contribution in [0.15, 0.2) is 18.2 Å². The Kier molecular flexibility index (Phi) is 7.29. The Bertz CT molecular complexity index is 729. The van der Waals surface area contributed by atoms with Crippen LogP contribution in [0.1, 0.15) is 38.7 Å². The number of nitro groups is 1. The SMILES string of the molecule is CCC(=CC(=O)OC)c1cc(F)c(N(CC)C2CCOCC2)c([N+](=O)[O-])c1. The van der Waals surface area contributed by atoms with Gasteiger partial charge in [-0.1, -0.05) is 6.92 Å². The Morgan fingerprint density at radius 3 is 2.59 bits per heavy atom. The molecule has 0 amide bonds. The summed E-state index contributed by atoms with van der Waals surface area (Å²) >= 11 is 0. The Morgan fingerprint density at radius 2 is 2.07 bits per heavy atom. The number of allylic oxidation sites excluding steroid dienone is 1. The number of nitro benzene ring substituents is 1. The van der Waals surface area contributed by atoms with E-state index in [0.717, 1.165) is 0 Å². The first-order valence-corrected chi connectivity index (χ1v) is 9.04. The van der Waals surface area contributed by atoms with Gasteiger partial charge in [0, 0.05) is 37.9 Å². The van der Waals surface area contributed by atoms with Crippen LogP contribution in [-0.2, 0) is 14.3 Å². The molecule has 148 valence electrons. The Balaban J connectivity index is 2.54. The van der Waals surface area contributed by atoms with Gasteiger partial charge in [0.1, 0.15) is 0 Å². The summed E-state index contributed by atoms with van der Waals surface area (Å²) in [5.41, 5.74) is 0.470. The smallest absolute Gasteiger partial charge is 0.330 e. The lowest BCUT2D eigenvalue weighted by molar-refractivity contribution is -0.384. The van der Waals surface area contributed by atoms with Gasteiger partial charge < -0.3 is 14.4 Å². The van der Waals surface area contributed by atoms with E-state index in [4.69, 9.17) is 4.74 Å². The minimum atomic E-state index is -0.670. The van der Waals surface area contributed by atoms with E-state index in [1.165, 1.54) is 25.3 Å². The third-order valence-corrected chi connectivity index (χ3v) is 4.74. The summed E-state index contributed by atoms with van der Waals surface area (Å²) in [6.07, 6.45) is 3.01. The van der Waals surface area contributed by atoms with Crippen LogP contribution >= 0.6 is 0 Å². The van der Waals surface area contributed by atoms with Crippen molar-refractivity contribution in [3.63, 3.8) is 0 Å². The Hall–Kier alpha value is -2.48. The fraction of sp³-hybridized carbons (Fsp3) is 0.526. The molecule has 0 aromatic heterocycles. The van der Waals surface area contributed by atoms with Gasteiger partial charge in [0.15, 0.2) is 11.5 Å². The van der Waals surface area contributed by atoms with Crippen LogP contribution in [0.3, 0.4) is 0 Å². The van der Waals surface area contributed by atoms with E-state index in [1.54, 1.807) is 11.8 Å². The van der Waals surface area contributed by atoms with Gasteiger partial charge in [0.2, 0.25) is 0 Å². The second kappa shape index (κ2) is 9.45. The van der Waals surface area contributed by atoms with E-state index in [-0.39, 0.29) is 17.4 Å². The van der Waals surface area contributed by atoms with E-state index in [9.17, 15) is 14.9 Å². The van der Waals surface area contributed by atoms with E-state index < -0.39 is 16.7 Å². The predicted octanol–water partition coefficient (Wildman–Crippen LogP) is 3.71. The molecule has 0 atom stereocenters. The highest BCUT2D eigenvalue weighted by atomic mass is 19.1. The average Bonchev–Trinajstić information content (AvgIpc) is 2.68. The number of hydrogen-bond acceptors (Lipinski definition) is 6. The number of nitrogens with zero attached hydrogens (tertiary/aromatic N) is 2. The summed E-state index contributed by atoms with van der Waals surface area (Å²) in [6.45, 7) is 5.18. The first kappa shape index (κ1) is 20.8. The topological polar surface area (TPSA) is 81.9 Å². The van der Waals surface area contributed by atoms with Crippen LogP contribution in [0.25, 0.3) is 5.57 Å². The van der Waals surface area contributed by atoms with Gasteiger partial charge in [0.25, 0.3) is 5.69 Å².